The molecule has 0 bridgehead atoms. The Hall–Kier alpha value is 0.957. The van der Waals surface area contributed by atoms with Gasteiger partial charge in [-0.2, -0.15) is 0 Å². The predicted molar refractivity (Wildman–Crippen MR) is 63.0 cm³/mol. The molecule has 1 rings (SSSR count). The van der Waals surface area contributed by atoms with Crippen molar-refractivity contribution in [2.75, 3.05) is 11.0 Å². The Bertz CT molecular complexity index is 355. The minimum atomic E-state index is -2.92. The van der Waals surface area contributed by atoms with Gasteiger partial charge in [0.2, 0.25) is 0 Å². The van der Waals surface area contributed by atoms with Crippen LogP contribution >= 0.6 is 22.6 Å². The monoisotopic (exact) mass is 372 g/mol. The van der Waals surface area contributed by atoms with Gasteiger partial charge in [-0.15, -0.1) is 0 Å². The van der Waals surface area contributed by atoms with Crippen molar-refractivity contribution in [2.24, 2.45) is 0 Å². The van der Waals surface area contributed by atoms with Crippen LogP contribution in [0, 0.1) is 0 Å². The summed E-state index contributed by atoms with van der Waals surface area (Å²) in [5.41, 5.74) is 0.215. The number of ether oxygens (including phenoxy) is 1. The van der Waals surface area contributed by atoms with E-state index in [0.717, 1.165) is 4.43 Å². The largest absolute Gasteiger partial charge is 1.00 e. The molecule has 0 aliphatic heterocycles. The van der Waals surface area contributed by atoms with Gasteiger partial charge >= 0.3 is 62.6 Å². The van der Waals surface area contributed by atoms with E-state index in [1.54, 1.807) is 12.1 Å². The summed E-state index contributed by atoms with van der Waals surface area (Å²) >= 11 is 2.11. The molecule has 11 heteroatoms. The second kappa shape index (κ2) is 18.0. The van der Waals surface area contributed by atoms with Crippen LogP contribution in [0.25, 0.3) is 0 Å². The number of para-hydroxylation sites is 1. The van der Waals surface area contributed by atoms with Gasteiger partial charge in [-0.25, -0.2) is 4.79 Å². The topological polar surface area (TPSA) is 116 Å². The maximum absolute atomic E-state index is 11.2. The number of hydrogen-bond donors (Lipinski definition) is 1. The Balaban J connectivity index is -0.000000164. The number of rotatable bonds is 3. The van der Waals surface area contributed by atoms with Crippen molar-refractivity contribution in [1.29, 1.82) is 0 Å². The first kappa shape index (κ1) is 29.0. The first-order valence-electron chi connectivity index (χ1n) is 4.47. The van der Waals surface area contributed by atoms with E-state index in [1.807, 2.05) is 0 Å². The quantitative estimate of drug-likeness (QED) is 0.244. The molecule has 0 spiro atoms. The molecule has 0 aliphatic rings. The fourth-order valence-corrected chi connectivity index (χ4v) is 1.08. The van der Waals surface area contributed by atoms with Gasteiger partial charge in [0.15, 0.2) is 0 Å². The van der Waals surface area contributed by atoms with Crippen molar-refractivity contribution in [3.05, 3.63) is 29.8 Å². The first-order chi connectivity index (χ1) is 7.99. The summed E-state index contributed by atoms with van der Waals surface area (Å²) in [6, 6.07) is 6.33. The van der Waals surface area contributed by atoms with Gasteiger partial charge in [-0.05, 0) is 12.1 Å². The molecule has 0 saturated carbocycles. The molecule has 0 unspecified atom stereocenters. The molecular weight excluding hydrogens is 363 g/mol. The summed E-state index contributed by atoms with van der Waals surface area (Å²) in [5, 5.41) is 34.5. The average Bonchev–Trinajstić information content (AvgIpc) is 2.26. The SMILES string of the molecule is O=C(OCCI)c1ccccc1O.[Li+].[Li+].[Li+].[O-]B([O-])[O-]. The van der Waals surface area contributed by atoms with E-state index < -0.39 is 13.3 Å². The van der Waals surface area contributed by atoms with Gasteiger partial charge in [0.05, 0.1) is 0 Å². The number of alkyl halides is 1. The molecule has 1 aromatic rings. The smallest absolute Gasteiger partial charge is 0.907 e. The summed E-state index contributed by atoms with van der Waals surface area (Å²) in [6.07, 6.45) is 0. The zero-order valence-corrected chi connectivity index (χ0v) is 13.8. The summed E-state index contributed by atoms with van der Waals surface area (Å²) in [4.78, 5) is 11.2. The molecule has 0 saturated heterocycles. The number of carbonyl (C=O) groups excluding carboxylic acids is 1. The van der Waals surface area contributed by atoms with E-state index in [2.05, 4.69) is 22.6 Å². The third-order valence-electron chi connectivity index (χ3n) is 1.43. The normalized spacial score (nSPS) is 7.60. The van der Waals surface area contributed by atoms with Crippen LogP contribution in [-0.4, -0.2) is 29.4 Å². The number of carbonyl (C=O) groups is 1. The molecule has 0 amide bonds. The van der Waals surface area contributed by atoms with Crippen LogP contribution in [-0.2, 0) is 4.74 Å². The molecule has 0 atom stereocenters. The van der Waals surface area contributed by atoms with E-state index >= 15 is 0 Å². The van der Waals surface area contributed by atoms with E-state index in [9.17, 15) is 9.90 Å². The van der Waals surface area contributed by atoms with E-state index in [1.165, 1.54) is 12.1 Å². The minimum absolute atomic E-state index is 0. The standard InChI is InChI=1S/C9H9IO3.BO3.3Li/c10-5-6-13-9(12)7-3-1-2-4-8(7)11;2-1(3)4;;;/h1-4,11H,5-6H2;;;;/q;-3;3*+1. The van der Waals surface area contributed by atoms with Crippen molar-refractivity contribution in [2.45, 2.75) is 0 Å². The maximum atomic E-state index is 11.2. The van der Waals surface area contributed by atoms with Crippen LogP contribution in [0.1, 0.15) is 10.4 Å². The third kappa shape index (κ3) is 15.3. The van der Waals surface area contributed by atoms with Crippen molar-refractivity contribution in [3.8, 4) is 5.75 Å². The number of phenols is 1. The summed E-state index contributed by atoms with van der Waals surface area (Å²) in [7, 11) is -2.92. The Kier molecular flexibility index (Phi) is 26.1. The molecule has 20 heavy (non-hydrogen) atoms. The number of phenolic OH excluding ortho intramolecular Hbond substituents is 1. The van der Waals surface area contributed by atoms with Crippen molar-refractivity contribution < 1.29 is 86.3 Å². The fraction of sp³-hybridized carbons (Fsp3) is 0.222. The van der Waals surface area contributed by atoms with Crippen LogP contribution in [0.2, 0.25) is 0 Å². The molecule has 6 nitrogen and oxygen atoms in total. The molecule has 1 N–H and O–H groups in total. The third-order valence-corrected chi connectivity index (χ3v) is 1.87. The van der Waals surface area contributed by atoms with Crippen LogP contribution in [0.5, 0.6) is 5.75 Å². The van der Waals surface area contributed by atoms with E-state index in [4.69, 9.17) is 19.8 Å². The molecule has 0 aliphatic carbocycles. The fourth-order valence-electron chi connectivity index (χ4n) is 0.855. The van der Waals surface area contributed by atoms with Crippen LogP contribution in [0.15, 0.2) is 24.3 Å². The van der Waals surface area contributed by atoms with Crippen molar-refractivity contribution in [1.82, 2.24) is 0 Å². The van der Waals surface area contributed by atoms with E-state index in [0.29, 0.717) is 6.61 Å². The zero-order chi connectivity index (χ0) is 13.3. The second-order valence-electron chi connectivity index (χ2n) is 2.63. The maximum Gasteiger partial charge on any atom is 1.00 e. The molecule has 0 heterocycles. The van der Waals surface area contributed by atoms with Crippen LogP contribution in [0.3, 0.4) is 0 Å². The summed E-state index contributed by atoms with van der Waals surface area (Å²) < 4.78 is 5.60. The molecule has 0 aromatic heterocycles. The number of halogens is 1. The van der Waals surface area contributed by atoms with Gasteiger partial charge in [-0.3, -0.25) is 7.32 Å². The van der Waals surface area contributed by atoms with Crippen LogP contribution < -0.4 is 71.7 Å². The molecule has 0 radical (unpaired) electrons. The molecular formula is C9H9BILi3O6. The van der Waals surface area contributed by atoms with E-state index in [-0.39, 0.29) is 67.9 Å². The van der Waals surface area contributed by atoms with Crippen molar-refractivity contribution >= 4 is 35.9 Å². The molecule has 94 valence electrons. The minimum Gasteiger partial charge on any atom is -0.907 e. The second-order valence-corrected chi connectivity index (χ2v) is 3.71. The Morgan fingerprint density at radius 2 is 1.65 bits per heavy atom. The Morgan fingerprint density at radius 3 is 2.05 bits per heavy atom. The Labute approximate surface area is 167 Å². The molecule has 0 fully saturated rings. The predicted octanol–water partition coefficient (Wildman–Crippen LogP) is -11.0. The summed E-state index contributed by atoms with van der Waals surface area (Å²) in [5.74, 6) is -0.518. The van der Waals surface area contributed by atoms with Gasteiger partial charge in [0.1, 0.15) is 17.9 Å². The zero-order valence-electron chi connectivity index (χ0n) is 11.7. The first-order valence-corrected chi connectivity index (χ1v) is 6.00. The van der Waals surface area contributed by atoms with Gasteiger partial charge in [-0.1, -0.05) is 34.7 Å². The van der Waals surface area contributed by atoms with Gasteiger partial charge < -0.3 is 24.9 Å². The number of hydrogen-bond acceptors (Lipinski definition) is 6. The number of esters is 1. The van der Waals surface area contributed by atoms with Crippen molar-refractivity contribution in [3.63, 3.8) is 0 Å². The molecule has 1 aromatic carbocycles. The number of benzene rings is 1. The van der Waals surface area contributed by atoms with Gasteiger partial charge in [0, 0.05) is 4.43 Å². The van der Waals surface area contributed by atoms with Gasteiger partial charge in [0.25, 0.3) is 0 Å². The average molecular weight is 372 g/mol. The summed E-state index contributed by atoms with van der Waals surface area (Å²) in [6.45, 7) is 0.369. The Morgan fingerprint density at radius 1 is 1.20 bits per heavy atom. The van der Waals surface area contributed by atoms with Crippen LogP contribution in [0.4, 0.5) is 0 Å². The number of aromatic hydroxyl groups is 1.